The number of fused-ring (bicyclic) bond motifs is 3. The predicted molar refractivity (Wildman–Crippen MR) is 96.5 cm³/mol. The lowest BCUT2D eigenvalue weighted by atomic mass is 9.74. The van der Waals surface area contributed by atoms with Gasteiger partial charge in [0.25, 0.3) is 0 Å². The highest BCUT2D eigenvalue weighted by Crippen LogP contribution is 2.47. The Hall–Kier alpha value is -3.03. The van der Waals surface area contributed by atoms with Crippen LogP contribution in [0.25, 0.3) is 5.70 Å². The number of hydrogen-bond donors (Lipinski definition) is 4. The third-order valence-corrected chi connectivity index (χ3v) is 5.47. The van der Waals surface area contributed by atoms with Crippen LogP contribution >= 0.6 is 0 Å². The Morgan fingerprint density at radius 2 is 1.63 bits per heavy atom. The van der Waals surface area contributed by atoms with Crippen LogP contribution in [0.3, 0.4) is 0 Å². The van der Waals surface area contributed by atoms with Crippen LogP contribution in [0.15, 0.2) is 54.1 Å². The number of carbonyl (C=O) groups excluding carboxylic acids is 2. The number of amides is 1. The predicted octanol–water partition coefficient (Wildman–Crippen LogP) is 1.02. The van der Waals surface area contributed by atoms with Crippen molar-refractivity contribution in [1.82, 2.24) is 16.0 Å². The van der Waals surface area contributed by atoms with Gasteiger partial charge in [-0.2, -0.15) is 0 Å². The first kappa shape index (κ1) is 16.2. The van der Waals surface area contributed by atoms with E-state index >= 15 is 0 Å². The normalized spacial score (nSPS) is 28.8. The number of ketones is 1. The standard InChI is InChI=1S/C20H17FN4O2/c21-10-7-5-9(6-8-10)13-14-16(11-3-1-2-4-12(11)17(14)26)23-18-15(13)19(27)25-20(22)24-18/h1-8,13,15,18,20,23-24H,22H2,(H,25,27). The third-order valence-electron chi connectivity index (χ3n) is 5.47. The molecule has 1 aliphatic carbocycles. The molecule has 0 saturated carbocycles. The minimum absolute atomic E-state index is 0.108. The molecule has 2 heterocycles. The first-order chi connectivity index (χ1) is 13.0. The molecule has 1 fully saturated rings. The molecule has 0 spiro atoms. The Morgan fingerprint density at radius 1 is 0.926 bits per heavy atom. The molecule has 4 unspecified atom stereocenters. The monoisotopic (exact) mass is 364 g/mol. The van der Waals surface area contributed by atoms with Crippen molar-refractivity contribution in [2.45, 2.75) is 18.4 Å². The fourth-order valence-corrected chi connectivity index (χ4v) is 4.35. The van der Waals surface area contributed by atoms with E-state index in [0.29, 0.717) is 22.4 Å². The summed E-state index contributed by atoms with van der Waals surface area (Å²) in [6.45, 7) is 0. The summed E-state index contributed by atoms with van der Waals surface area (Å²) in [5, 5.41) is 9.13. The van der Waals surface area contributed by atoms with Gasteiger partial charge in [0.1, 0.15) is 12.1 Å². The van der Waals surface area contributed by atoms with E-state index in [0.717, 1.165) is 5.56 Å². The van der Waals surface area contributed by atoms with Gasteiger partial charge in [-0.05, 0) is 17.7 Å². The molecular weight excluding hydrogens is 347 g/mol. The van der Waals surface area contributed by atoms with Crippen molar-refractivity contribution in [3.8, 4) is 0 Å². The minimum atomic E-state index is -0.686. The summed E-state index contributed by atoms with van der Waals surface area (Å²) in [5.41, 5.74) is 9.26. The van der Waals surface area contributed by atoms with Gasteiger partial charge in [-0.25, -0.2) is 4.39 Å². The number of allylic oxidation sites excluding steroid dienone is 1. The summed E-state index contributed by atoms with van der Waals surface area (Å²) in [6, 6.07) is 13.3. The highest BCUT2D eigenvalue weighted by Gasteiger charge is 2.50. The molecule has 5 rings (SSSR count). The average molecular weight is 364 g/mol. The number of rotatable bonds is 1. The SMILES string of the molecule is NC1NC(=O)C2C(NC3=C(C(=O)c4ccccc43)C2c2ccc(F)cc2)N1. The zero-order chi connectivity index (χ0) is 18.7. The lowest BCUT2D eigenvalue weighted by molar-refractivity contribution is -0.130. The highest BCUT2D eigenvalue weighted by molar-refractivity contribution is 6.22. The second kappa shape index (κ2) is 5.73. The van der Waals surface area contributed by atoms with Crippen LogP contribution in [0.2, 0.25) is 0 Å². The Morgan fingerprint density at radius 3 is 2.37 bits per heavy atom. The Labute approximate surface area is 154 Å². The van der Waals surface area contributed by atoms with Crippen molar-refractivity contribution < 1.29 is 14.0 Å². The minimum Gasteiger partial charge on any atom is -0.368 e. The van der Waals surface area contributed by atoms with Gasteiger partial charge in [0, 0.05) is 22.6 Å². The van der Waals surface area contributed by atoms with Crippen molar-refractivity contribution in [3.05, 3.63) is 76.6 Å². The molecule has 3 aliphatic rings. The molecule has 4 atom stereocenters. The fourth-order valence-electron chi connectivity index (χ4n) is 4.35. The van der Waals surface area contributed by atoms with E-state index in [4.69, 9.17) is 5.73 Å². The molecule has 2 aromatic rings. The maximum Gasteiger partial charge on any atom is 0.229 e. The van der Waals surface area contributed by atoms with Gasteiger partial charge in [0.2, 0.25) is 5.91 Å². The Balaban J connectivity index is 1.72. The lowest BCUT2D eigenvalue weighted by Crippen LogP contribution is -2.70. The summed E-state index contributed by atoms with van der Waals surface area (Å²) in [7, 11) is 0. The van der Waals surface area contributed by atoms with Crippen molar-refractivity contribution in [2.24, 2.45) is 11.7 Å². The van der Waals surface area contributed by atoms with Crippen molar-refractivity contribution >= 4 is 17.4 Å². The van der Waals surface area contributed by atoms with Gasteiger partial charge in [-0.3, -0.25) is 20.6 Å². The molecule has 7 heteroatoms. The Kier molecular flexibility index (Phi) is 3.43. The maximum atomic E-state index is 13.5. The molecule has 1 saturated heterocycles. The maximum absolute atomic E-state index is 13.5. The lowest BCUT2D eigenvalue weighted by Gasteiger charge is -2.44. The van der Waals surface area contributed by atoms with E-state index in [1.807, 2.05) is 18.2 Å². The first-order valence-corrected chi connectivity index (χ1v) is 8.77. The molecule has 5 N–H and O–H groups in total. The molecule has 2 aliphatic heterocycles. The summed E-state index contributed by atoms with van der Waals surface area (Å²) in [5.74, 6) is -1.82. The van der Waals surface area contributed by atoms with E-state index in [2.05, 4.69) is 16.0 Å². The van der Waals surface area contributed by atoms with Crippen LogP contribution in [0, 0.1) is 11.7 Å². The van der Waals surface area contributed by atoms with Gasteiger partial charge >= 0.3 is 0 Å². The fraction of sp³-hybridized carbons (Fsp3) is 0.200. The van der Waals surface area contributed by atoms with E-state index in [1.165, 1.54) is 12.1 Å². The largest absolute Gasteiger partial charge is 0.368 e. The second-order valence-corrected chi connectivity index (χ2v) is 6.99. The van der Waals surface area contributed by atoms with E-state index < -0.39 is 24.3 Å². The summed E-state index contributed by atoms with van der Waals surface area (Å²) in [6.07, 6.45) is -1.13. The smallest absolute Gasteiger partial charge is 0.229 e. The van der Waals surface area contributed by atoms with Crippen LogP contribution < -0.4 is 21.7 Å². The van der Waals surface area contributed by atoms with E-state index in [1.54, 1.807) is 18.2 Å². The van der Waals surface area contributed by atoms with Gasteiger partial charge in [-0.15, -0.1) is 0 Å². The molecule has 2 aromatic carbocycles. The van der Waals surface area contributed by atoms with Gasteiger partial charge in [0.15, 0.2) is 5.78 Å². The topological polar surface area (TPSA) is 96.2 Å². The molecule has 0 radical (unpaired) electrons. The quantitative estimate of drug-likeness (QED) is 0.606. The second-order valence-electron chi connectivity index (χ2n) is 6.99. The zero-order valence-corrected chi connectivity index (χ0v) is 14.2. The first-order valence-electron chi connectivity index (χ1n) is 8.77. The van der Waals surface area contributed by atoms with Crippen LogP contribution in [0.1, 0.15) is 27.4 Å². The van der Waals surface area contributed by atoms with Gasteiger partial charge < -0.3 is 10.6 Å². The number of Topliss-reactive ketones (excluding diaryl/α,β-unsaturated/α-hetero) is 1. The molecular formula is C20H17FN4O2. The van der Waals surface area contributed by atoms with E-state index in [9.17, 15) is 14.0 Å². The summed E-state index contributed by atoms with van der Waals surface area (Å²) < 4.78 is 13.5. The molecule has 1 amide bonds. The van der Waals surface area contributed by atoms with Gasteiger partial charge in [-0.1, -0.05) is 36.4 Å². The number of nitrogens with two attached hydrogens (primary N) is 1. The number of hydrogen-bond acceptors (Lipinski definition) is 5. The van der Waals surface area contributed by atoms with Crippen molar-refractivity contribution in [2.75, 3.05) is 0 Å². The highest BCUT2D eigenvalue weighted by atomic mass is 19.1. The number of nitrogens with one attached hydrogen (secondary N) is 3. The third kappa shape index (κ3) is 2.32. The zero-order valence-electron chi connectivity index (χ0n) is 14.2. The summed E-state index contributed by atoms with van der Waals surface area (Å²) >= 11 is 0. The number of benzene rings is 2. The van der Waals surface area contributed by atoms with Crippen LogP contribution in [0.5, 0.6) is 0 Å². The van der Waals surface area contributed by atoms with Crippen LogP contribution in [-0.2, 0) is 4.79 Å². The molecule has 6 nitrogen and oxygen atoms in total. The molecule has 136 valence electrons. The van der Waals surface area contributed by atoms with Crippen LogP contribution in [-0.4, -0.2) is 24.1 Å². The summed E-state index contributed by atoms with van der Waals surface area (Å²) in [4.78, 5) is 26.0. The van der Waals surface area contributed by atoms with Gasteiger partial charge in [0.05, 0.1) is 17.8 Å². The number of halogens is 1. The molecule has 27 heavy (non-hydrogen) atoms. The molecule has 0 aromatic heterocycles. The van der Waals surface area contributed by atoms with Crippen molar-refractivity contribution in [3.63, 3.8) is 0 Å². The number of carbonyl (C=O) groups is 2. The van der Waals surface area contributed by atoms with Crippen LogP contribution in [0.4, 0.5) is 4.39 Å². The van der Waals surface area contributed by atoms with Crippen molar-refractivity contribution in [1.29, 1.82) is 0 Å². The molecule has 0 bridgehead atoms. The Bertz CT molecular complexity index is 1000. The average Bonchev–Trinajstić information content (AvgIpc) is 2.93. The van der Waals surface area contributed by atoms with E-state index in [-0.39, 0.29) is 17.5 Å².